The first-order valence-electron chi connectivity index (χ1n) is 22.3. The number of carboxylic acid groups (broad SMARTS) is 1. The molecular formula is C46H80NO10P. The molecule has 0 aromatic rings. The third-order valence-corrected chi connectivity index (χ3v) is 10.2. The Hall–Kier alpha value is -2.82. The molecule has 0 aromatic carbocycles. The number of allylic oxidation sites excluding steroid dienone is 10. The summed E-state index contributed by atoms with van der Waals surface area (Å²) in [6.07, 6.45) is 47.1. The van der Waals surface area contributed by atoms with Crippen LogP contribution in [0.25, 0.3) is 0 Å². The Balaban J connectivity index is 4.40. The number of ether oxygens (including phenoxy) is 2. The molecule has 0 aliphatic heterocycles. The minimum absolute atomic E-state index is 0.148. The predicted octanol–water partition coefficient (Wildman–Crippen LogP) is 12.0. The van der Waals surface area contributed by atoms with Crippen molar-refractivity contribution in [1.82, 2.24) is 0 Å². The standard InChI is InChI=1S/C46H80NO10P/c1-3-5-7-9-11-13-15-17-19-21-23-25-27-29-31-33-35-37-44(48)54-39-42(40-55-58(52,53)56-41-43(47)46(50)51)57-45(49)38-36-34-32-30-28-26-24-22-20-18-16-14-12-10-8-6-4-2/h5,7,11,13,17-20,23,25,42-43H,3-4,6,8-10,12,14-16,21-22,24,26-41,47H2,1-2H3,(H,50,51)(H,52,53)/b7-5-,13-11-,19-17-,20-18-,25-23-/t42-,43+/m1/s1. The third-order valence-electron chi connectivity index (χ3n) is 9.25. The molecule has 0 rings (SSSR count). The summed E-state index contributed by atoms with van der Waals surface area (Å²) in [5.74, 6) is -2.42. The second-order valence-corrected chi connectivity index (χ2v) is 16.2. The van der Waals surface area contributed by atoms with Crippen LogP contribution in [0.2, 0.25) is 0 Å². The molecular weight excluding hydrogens is 757 g/mol. The van der Waals surface area contributed by atoms with Crippen molar-refractivity contribution >= 4 is 25.7 Å². The number of rotatable bonds is 41. The molecule has 12 heteroatoms. The van der Waals surface area contributed by atoms with E-state index in [1.807, 2.05) is 0 Å². The van der Waals surface area contributed by atoms with Gasteiger partial charge in [0.05, 0.1) is 13.2 Å². The van der Waals surface area contributed by atoms with E-state index in [1.54, 1.807) is 0 Å². The maximum absolute atomic E-state index is 12.6. The van der Waals surface area contributed by atoms with E-state index in [9.17, 15) is 23.8 Å². The lowest BCUT2D eigenvalue weighted by Crippen LogP contribution is -2.34. The van der Waals surface area contributed by atoms with Crippen LogP contribution in [0.3, 0.4) is 0 Å². The topological polar surface area (TPSA) is 172 Å². The number of carbonyl (C=O) groups excluding carboxylic acids is 2. The lowest BCUT2D eigenvalue weighted by atomic mass is 10.1. The van der Waals surface area contributed by atoms with Gasteiger partial charge in [-0.05, 0) is 77.0 Å². The molecule has 0 bridgehead atoms. The second kappa shape index (κ2) is 40.9. The molecule has 0 fully saturated rings. The zero-order chi connectivity index (χ0) is 42.8. The SMILES string of the molecule is CC/C=C\C/C=C\C/C=C\C/C=C\CCCCCCC(=O)OC[C@H](COP(=O)(O)OC[C@H](N)C(=O)O)OC(=O)CCCCCCCCC/C=C\CCCCCCCC. The lowest BCUT2D eigenvalue weighted by molar-refractivity contribution is -0.161. The van der Waals surface area contributed by atoms with Crippen LogP contribution < -0.4 is 5.73 Å². The zero-order valence-corrected chi connectivity index (χ0v) is 37.0. The molecule has 58 heavy (non-hydrogen) atoms. The fourth-order valence-corrected chi connectivity index (χ4v) is 6.53. The van der Waals surface area contributed by atoms with Gasteiger partial charge in [-0.2, -0.15) is 0 Å². The number of aliphatic carboxylic acids is 1. The molecule has 0 radical (unpaired) electrons. The maximum Gasteiger partial charge on any atom is 0.472 e. The molecule has 3 atom stereocenters. The second-order valence-electron chi connectivity index (χ2n) is 14.8. The van der Waals surface area contributed by atoms with Gasteiger partial charge in [0.15, 0.2) is 6.10 Å². The molecule has 0 spiro atoms. The number of hydrogen-bond donors (Lipinski definition) is 3. The summed E-state index contributed by atoms with van der Waals surface area (Å²) in [7, 11) is -4.73. The quantitative estimate of drug-likeness (QED) is 0.0231. The molecule has 0 saturated carbocycles. The number of phosphoric ester groups is 1. The lowest BCUT2D eigenvalue weighted by Gasteiger charge is -2.20. The molecule has 0 heterocycles. The number of esters is 2. The van der Waals surface area contributed by atoms with E-state index in [4.69, 9.17) is 24.8 Å². The maximum atomic E-state index is 12.6. The van der Waals surface area contributed by atoms with Crippen LogP contribution in [0, 0.1) is 0 Å². The Morgan fingerprint density at radius 2 is 0.966 bits per heavy atom. The van der Waals surface area contributed by atoms with E-state index in [0.717, 1.165) is 83.5 Å². The van der Waals surface area contributed by atoms with E-state index in [-0.39, 0.29) is 19.4 Å². The van der Waals surface area contributed by atoms with Crippen molar-refractivity contribution < 1.29 is 47.5 Å². The van der Waals surface area contributed by atoms with Crippen LogP contribution in [0.5, 0.6) is 0 Å². The first-order valence-corrected chi connectivity index (χ1v) is 23.8. The molecule has 0 saturated heterocycles. The molecule has 0 aliphatic rings. The number of hydrogen-bond acceptors (Lipinski definition) is 9. The van der Waals surface area contributed by atoms with Crippen molar-refractivity contribution in [2.75, 3.05) is 19.8 Å². The molecule has 11 nitrogen and oxygen atoms in total. The Morgan fingerprint density at radius 1 is 0.552 bits per heavy atom. The van der Waals surface area contributed by atoms with Gasteiger partial charge in [-0.15, -0.1) is 0 Å². The average Bonchev–Trinajstić information content (AvgIpc) is 3.20. The molecule has 4 N–H and O–H groups in total. The normalized spacial score (nSPS) is 14.3. The van der Waals surface area contributed by atoms with Crippen molar-refractivity contribution in [3.05, 3.63) is 60.8 Å². The highest BCUT2D eigenvalue weighted by atomic mass is 31.2. The van der Waals surface area contributed by atoms with Crippen molar-refractivity contribution in [2.45, 2.75) is 193 Å². The van der Waals surface area contributed by atoms with Crippen LogP contribution in [0.4, 0.5) is 0 Å². The van der Waals surface area contributed by atoms with Crippen molar-refractivity contribution in [2.24, 2.45) is 5.73 Å². The van der Waals surface area contributed by atoms with E-state index in [1.165, 1.54) is 57.8 Å². The molecule has 0 amide bonds. The fraction of sp³-hybridized carbons (Fsp3) is 0.717. The minimum Gasteiger partial charge on any atom is -0.480 e. The number of phosphoric acid groups is 1. The summed E-state index contributed by atoms with van der Waals surface area (Å²) < 4.78 is 32.7. The summed E-state index contributed by atoms with van der Waals surface area (Å²) in [6.45, 7) is 2.65. The van der Waals surface area contributed by atoms with Gasteiger partial charge in [-0.3, -0.25) is 23.4 Å². The predicted molar refractivity (Wildman–Crippen MR) is 235 cm³/mol. The Kier molecular flexibility index (Phi) is 38.9. The van der Waals surface area contributed by atoms with Gasteiger partial charge in [0, 0.05) is 12.8 Å². The zero-order valence-electron chi connectivity index (χ0n) is 36.1. The molecule has 0 aromatic heterocycles. The van der Waals surface area contributed by atoms with Gasteiger partial charge in [0.2, 0.25) is 0 Å². The summed E-state index contributed by atoms with van der Waals surface area (Å²) in [6, 6.07) is -1.53. The van der Waals surface area contributed by atoms with Crippen molar-refractivity contribution in [3.8, 4) is 0 Å². The van der Waals surface area contributed by atoms with E-state index in [0.29, 0.717) is 12.8 Å². The van der Waals surface area contributed by atoms with Crippen molar-refractivity contribution in [3.63, 3.8) is 0 Å². The highest BCUT2D eigenvalue weighted by Gasteiger charge is 2.28. The summed E-state index contributed by atoms with van der Waals surface area (Å²) in [5.41, 5.74) is 5.33. The molecule has 0 aliphatic carbocycles. The molecule has 1 unspecified atom stereocenters. The number of carbonyl (C=O) groups is 3. The minimum atomic E-state index is -4.73. The first-order chi connectivity index (χ1) is 28.1. The van der Waals surface area contributed by atoms with Gasteiger partial charge in [-0.1, -0.05) is 152 Å². The summed E-state index contributed by atoms with van der Waals surface area (Å²) in [4.78, 5) is 46.0. The number of nitrogens with two attached hydrogens (primary N) is 1. The van der Waals surface area contributed by atoms with Gasteiger partial charge in [-0.25, -0.2) is 4.57 Å². The number of unbranched alkanes of at least 4 members (excludes halogenated alkanes) is 17. The van der Waals surface area contributed by atoms with Crippen LogP contribution in [0.1, 0.15) is 181 Å². The van der Waals surface area contributed by atoms with Crippen molar-refractivity contribution in [1.29, 1.82) is 0 Å². The Labute approximate surface area is 351 Å². The average molecular weight is 838 g/mol. The van der Waals surface area contributed by atoms with Gasteiger partial charge < -0.3 is 25.2 Å². The largest absolute Gasteiger partial charge is 0.480 e. The van der Waals surface area contributed by atoms with Crippen LogP contribution in [-0.4, -0.2) is 59.9 Å². The Bertz CT molecular complexity index is 1210. The van der Waals surface area contributed by atoms with Crippen LogP contribution in [0.15, 0.2) is 60.8 Å². The van der Waals surface area contributed by atoms with E-state index < -0.39 is 51.1 Å². The third kappa shape index (κ3) is 40.0. The Morgan fingerprint density at radius 3 is 1.47 bits per heavy atom. The smallest absolute Gasteiger partial charge is 0.472 e. The van der Waals surface area contributed by atoms with Crippen LogP contribution in [-0.2, 0) is 37.5 Å². The van der Waals surface area contributed by atoms with Crippen LogP contribution >= 0.6 is 7.82 Å². The van der Waals surface area contributed by atoms with Gasteiger partial charge in [0.25, 0.3) is 0 Å². The fourth-order valence-electron chi connectivity index (χ4n) is 5.76. The number of carboxylic acids is 1. The first kappa shape index (κ1) is 55.2. The van der Waals surface area contributed by atoms with E-state index in [2.05, 4.69) is 79.1 Å². The van der Waals surface area contributed by atoms with Gasteiger partial charge >= 0.3 is 25.7 Å². The molecule has 334 valence electrons. The summed E-state index contributed by atoms with van der Waals surface area (Å²) in [5, 5.41) is 8.89. The highest BCUT2D eigenvalue weighted by molar-refractivity contribution is 7.47. The monoisotopic (exact) mass is 838 g/mol. The van der Waals surface area contributed by atoms with E-state index >= 15 is 0 Å². The highest BCUT2D eigenvalue weighted by Crippen LogP contribution is 2.43. The summed E-state index contributed by atoms with van der Waals surface area (Å²) >= 11 is 0. The van der Waals surface area contributed by atoms with Gasteiger partial charge in [0.1, 0.15) is 12.6 Å².